The molecule has 0 saturated carbocycles. The summed E-state index contributed by atoms with van der Waals surface area (Å²) in [4.78, 5) is 36.8. The summed E-state index contributed by atoms with van der Waals surface area (Å²) in [7, 11) is 5.51. The van der Waals surface area contributed by atoms with Crippen LogP contribution in [0.4, 0.5) is 21.7 Å². The van der Waals surface area contributed by atoms with Gasteiger partial charge in [0.05, 0.1) is 12.0 Å². The van der Waals surface area contributed by atoms with Crippen molar-refractivity contribution in [2.45, 2.75) is 43.2 Å². The maximum absolute atomic E-state index is 14.7. The van der Waals surface area contributed by atoms with Crippen LogP contribution in [-0.4, -0.2) is 58.4 Å². The van der Waals surface area contributed by atoms with Crippen LogP contribution < -0.4 is 21.7 Å². The Bertz CT molecular complexity index is 1170. The van der Waals surface area contributed by atoms with E-state index < -0.39 is 29.7 Å². The zero-order chi connectivity index (χ0) is 26.2. The molecule has 5 N–H and O–H groups in total. The number of hydrogen-bond acceptors (Lipinski definition) is 7. The van der Waals surface area contributed by atoms with E-state index in [1.807, 2.05) is 19.1 Å². The van der Waals surface area contributed by atoms with Crippen molar-refractivity contribution in [3.63, 3.8) is 0 Å². The molecular formula is C23H31ClFN7O2P2. The zero-order valence-electron chi connectivity index (χ0n) is 20.0. The summed E-state index contributed by atoms with van der Waals surface area (Å²) in [5, 5.41) is 3.90. The molecule has 2 fully saturated rings. The monoisotopic (exact) mass is 553 g/mol. The number of rotatable bonds is 6. The van der Waals surface area contributed by atoms with Crippen molar-refractivity contribution in [1.82, 2.24) is 14.9 Å². The normalized spacial score (nSPS) is 23.0. The average Bonchev–Trinajstić information content (AvgIpc) is 2.81. The summed E-state index contributed by atoms with van der Waals surface area (Å²) in [6.45, 7) is 3.07. The second-order valence-electron chi connectivity index (χ2n) is 9.59. The van der Waals surface area contributed by atoms with E-state index in [-0.39, 0.29) is 29.0 Å². The summed E-state index contributed by atoms with van der Waals surface area (Å²) >= 11 is 6.35. The highest BCUT2D eigenvalue weighted by atomic mass is 35.5. The van der Waals surface area contributed by atoms with Gasteiger partial charge in [0.15, 0.2) is 11.6 Å². The van der Waals surface area contributed by atoms with Gasteiger partial charge in [0.25, 0.3) is 0 Å². The van der Waals surface area contributed by atoms with Gasteiger partial charge in [-0.2, -0.15) is 4.39 Å². The van der Waals surface area contributed by atoms with Gasteiger partial charge in [-0.05, 0) is 49.9 Å². The van der Waals surface area contributed by atoms with Crippen LogP contribution in [0.3, 0.4) is 0 Å². The van der Waals surface area contributed by atoms with Crippen LogP contribution in [0, 0.1) is 11.7 Å². The van der Waals surface area contributed by atoms with E-state index in [1.54, 1.807) is 15.9 Å². The number of aromatic nitrogens is 2. The summed E-state index contributed by atoms with van der Waals surface area (Å²) in [5.74, 6) is -2.09. The first-order valence-corrected chi connectivity index (χ1v) is 13.2. The Morgan fingerprint density at radius 2 is 2.00 bits per heavy atom. The average molecular weight is 554 g/mol. The molecule has 3 heterocycles. The van der Waals surface area contributed by atoms with E-state index in [1.165, 1.54) is 6.33 Å². The highest BCUT2D eigenvalue weighted by molar-refractivity contribution is 7.38. The first-order chi connectivity index (χ1) is 17.0. The molecule has 0 radical (unpaired) electrons. The molecule has 4 rings (SSSR count). The number of halogens is 2. The SMILES string of the molecule is CC(P)(P)c1cc(Cl)cc(N[C@@H]2CCCN([C@H]3CN(c4ncnc(N)c4F)CC[C@@H]3C(N)=O)C2=O)c1. The fourth-order valence-electron chi connectivity index (χ4n) is 4.91. The van der Waals surface area contributed by atoms with Crippen LogP contribution in [0.5, 0.6) is 0 Å². The number of likely N-dealkylation sites (tertiary alicyclic amines) is 1. The number of nitrogens with zero attached hydrogens (tertiary/aromatic N) is 4. The quantitative estimate of drug-likeness (QED) is 0.469. The van der Waals surface area contributed by atoms with E-state index >= 15 is 0 Å². The van der Waals surface area contributed by atoms with Gasteiger partial charge in [0, 0.05) is 35.2 Å². The van der Waals surface area contributed by atoms with Gasteiger partial charge in [0.1, 0.15) is 12.4 Å². The molecule has 13 heteroatoms. The third-order valence-electron chi connectivity index (χ3n) is 6.78. The van der Waals surface area contributed by atoms with Crippen molar-refractivity contribution in [3.8, 4) is 0 Å². The predicted molar refractivity (Wildman–Crippen MR) is 146 cm³/mol. The predicted octanol–water partition coefficient (Wildman–Crippen LogP) is 2.56. The summed E-state index contributed by atoms with van der Waals surface area (Å²) < 4.78 is 14.7. The number of nitrogen functional groups attached to an aromatic ring is 1. The molecule has 2 unspecified atom stereocenters. The van der Waals surface area contributed by atoms with Crippen LogP contribution in [0.25, 0.3) is 0 Å². The largest absolute Gasteiger partial charge is 0.381 e. The van der Waals surface area contributed by atoms with E-state index in [2.05, 4.69) is 33.8 Å². The van der Waals surface area contributed by atoms with Gasteiger partial charge in [-0.15, -0.1) is 18.5 Å². The minimum atomic E-state index is -0.717. The van der Waals surface area contributed by atoms with Crippen molar-refractivity contribution in [2.75, 3.05) is 35.6 Å². The smallest absolute Gasteiger partial charge is 0.245 e. The second-order valence-corrected chi connectivity index (χ2v) is 13.1. The third-order valence-corrected chi connectivity index (χ3v) is 7.66. The molecule has 36 heavy (non-hydrogen) atoms. The molecule has 9 nitrogen and oxygen atoms in total. The maximum Gasteiger partial charge on any atom is 0.245 e. The molecule has 2 aliphatic heterocycles. The summed E-state index contributed by atoms with van der Waals surface area (Å²) in [6.07, 6.45) is 2.93. The van der Waals surface area contributed by atoms with Crippen LogP contribution in [0.15, 0.2) is 24.5 Å². The van der Waals surface area contributed by atoms with Gasteiger partial charge in [-0.25, -0.2) is 9.97 Å². The molecule has 2 aliphatic rings. The Balaban J connectivity index is 1.57. The number of carbonyl (C=O) groups is 2. The molecule has 194 valence electrons. The topological polar surface area (TPSA) is 130 Å². The Morgan fingerprint density at radius 1 is 1.25 bits per heavy atom. The molecule has 2 amide bonds. The van der Waals surface area contributed by atoms with Gasteiger partial charge in [0.2, 0.25) is 17.6 Å². The van der Waals surface area contributed by atoms with Gasteiger partial charge < -0.3 is 26.6 Å². The first kappa shape index (κ1) is 26.8. The highest BCUT2D eigenvalue weighted by Gasteiger charge is 2.42. The Kier molecular flexibility index (Phi) is 7.89. The lowest BCUT2D eigenvalue weighted by molar-refractivity contribution is -0.140. The minimum absolute atomic E-state index is 0.0546. The maximum atomic E-state index is 14.7. The lowest BCUT2D eigenvalue weighted by Gasteiger charge is -2.46. The van der Waals surface area contributed by atoms with Gasteiger partial charge in [-0.1, -0.05) is 11.6 Å². The molecule has 1 aromatic heterocycles. The third kappa shape index (κ3) is 5.66. The van der Waals surface area contributed by atoms with Crippen molar-refractivity contribution in [1.29, 1.82) is 0 Å². The highest BCUT2D eigenvalue weighted by Crippen LogP contribution is 2.40. The molecule has 0 bridgehead atoms. The number of nitrogens with one attached hydrogen (secondary N) is 1. The Morgan fingerprint density at radius 3 is 2.69 bits per heavy atom. The second kappa shape index (κ2) is 10.6. The molecule has 2 saturated heterocycles. The van der Waals surface area contributed by atoms with Crippen LogP contribution >= 0.6 is 30.1 Å². The van der Waals surface area contributed by atoms with Crippen molar-refractivity contribution < 1.29 is 14.0 Å². The lowest BCUT2D eigenvalue weighted by Crippen LogP contribution is -2.61. The molecule has 1 aromatic carbocycles. The Labute approximate surface area is 219 Å². The summed E-state index contributed by atoms with van der Waals surface area (Å²) in [5.41, 5.74) is 13.1. The minimum Gasteiger partial charge on any atom is -0.381 e. The van der Waals surface area contributed by atoms with E-state index in [0.29, 0.717) is 31.0 Å². The van der Waals surface area contributed by atoms with Crippen molar-refractivity contribution in [2.24, 2.45) is 11.7 Å². The Hall–Kier alpha value is -2.28. The van der Waals surface area contributed by atoms with Crippen molar-refractivity contribution in [3.05, 3.63) is 40.9 Å². The first-order valence-electron chi connectivity index (χ1n) is 11.7. The molecule has 2 aromatic rings. The van der Waals surface area contributed by atoms with Gasteiger partial charge >= 0.3 is 0 Å². The molecule has 0 aliphatic carbocycles. The van der Waals surface area contributed by atoms with Crippen LogP contribution in [-0.2, 0) is 14.5 Å². The standard InChI is InChI=1S/C23H31ClFN7O2P2/c1-23(35,36)12-7-13(24)9-14(8-12)30-16-3-2-5-32(22(16)34)17-10-31(6-4-15(17)20(27)33)21-18(25)19(26)28-11-29-21/h7-9,11,15-17,30H,2-6,10,35-36H2,1H3,(H2,27,33)(H2,26,28,29)/t15-,16+,17-/m0/s1. The van der Waals surface area contributed by atoms with E-state index in [4.69, 9.17) is 23.1 Å². The number of primary amides is 1. The number of amides is 2. The fraction of sp³-hybridized carbons (Fsp3) is 0.478. The molecular weight excluding hydrogens is 523 g/mol. The van der Waals surface area contributed by atoms with Crippen LogP contribution in [0.2, 0.25) is 5.02 Å². The zero-order valence-corrected chi connectivity index (χ0v) is 23.0. The number of nitrogens with two attached hydrogens (primary N) is 2. The number of piperidine rings is 2. The molecule has 5 atom stereocenters. The number of benzene rings is 1. The summed E-state index contributed by atoms with van der Waals surface area (Å²) in [6, 6.07) is 4.61. The number of hydrogen-bond donors (Lipinski definition) is 3. The number of anilines is 3. The van der Waals surface area contributed by atoms with E-state index in [9.17, 15) is 14.0 Å². The van der Waals surface area contributed by atoms with Gasteiger partial charge in [-0.3, -0.25) is 9.59 Å². The molecule has 0 spiro atoms. The van der Waals surface area contributed by atoms with E-state index in [0.717, 1.165) is 17.7 Å². The van der Waals surface area contributed by atoms with Crippen LogP contribution in [0.1, 0.15) is 31.7 Å². The fourth-order valence-corrected chi connectivity index (χ4v) is 5.48. The van der Waals surface area contributed by atoms with Crippen molar-refractivity contribution >= 4 is 59.2 Å². The number of carbonyl (C=O) groups excluding carboxylic acids is 2. The lowest BCUT2D eigenvalue weighted by atomic mass is 9.87.